The molecule has 0 unspecified atom stereocenters. The summed E-state index contributed by atoms with van der Waals surface area (Å²) in [6.45, 7) is 2.03. The van der Waals surface area contributed by atoms with E-state index in [1.807, 2.05) is 19.1 Å². The van der Waals surface area contributed by atoms with Crippen molar-refractivity contribution in [1.29, 1.82) is 0 Å². The van der Waals surface area contributed by atoms with Gasteiger partial charge in [0.1, 0.15) is 0 Å². The van der Waals surface area contributed by atoms with E-state index in [1.165, 1.54) is 0 Å². The fourth-order valence-electron chi connectivity index (χ4n) is 1.75. The minimum Gasteiger partial charge on any atom is -0.355 e. The third-order valence-electron chi connectivity index (χ3n) is 2.70. The van der Waals surface area contributed by atoms with Crippen LogP contribution in [0.15, 0.2) is 24.3 Å². The fourth-order valence-corrected chi connectivity index (χ4v) is 1.96. The highest BCUT2D eigenvalue weighted by Crippen LogP contribution is 2.25. The largest absolute Gasteiger partial charge is 0.355 e. The summed E-state index contributed by atoms with van der Waals surface area (Å²) in [5.41, 5.74) is 2.25. The number of carbonyl (C=O) groups is 1. The van der Waals surface area contributed by atoms with Crippen LogP contribution in [0, 0.1) is 0 Å². The molecule has 1 amide bonds. The topological polar surface area (TPSA) is 42.0 Å². The van der Waals surface area contributed by atoms with Crippen LogP contribution < -0.4 is 5.32 Å². The first-order valence-corrected chi connectivity index (χ1v) is 5.85. The van der Waals surface area contributed by atoms with E-state index < -0.39 is 0 Å². The molecule has 17 heavy (non-hydrogen) atoms. The van der Waals surface area contributed by atoms with E-state index in [0.29, 0.717) is 16.1 Å². The lowest BCUT2D eigenvalue weighted by molar-refractivity contribution is 0.0964. The number of hydrogen-bond donors (Lipinski definition) is 1. The number of rotatable bonds is 2. The number of amides is 1. The molecule has 0 spiro atoms. The Kier molecular flexibility index (Phi) is 3.29. The molecule has 0 aliphatic carbocycles. The van der Waals surface area contributed by atoms with Crippen molar-refractivity contribution in [3.8, 4) is 0 Å². The van der Waals surface area contributed by atoms with Gasteiger partial charge in [-0.2, -0.15) is 0 Å². The molecule has 0 fully saturated rings. The van der Waals surface area contributed by atoms with Crippen LogP contribution in [0.1, 0.15) is 23.0 Å². The Morgan fingerprint density at radius 3 is 2.76 bits per heavy atom. The van der Waals surface area contributed by atoms with Gasteiger partial charge in [0, 0.05) is 23.7 Å². The predicted molar refractivity (Wildman–Crippen MR) is 69.5 cm³/mol. The number of nitrogens with one attached hydrogen (secondary N) is 1. The normalized spacial score (nSPS) is 10.5. The molecule has 0 saturated carbocycles. The molecule has 0 atom stereocenters. The SMILES string of the molecule is CCc1ccc2c(C(=O)NC)ccc(Cl)c2n1. The molecule has 88 valence electrons. The van der Waals surface area contributed by atoms with Gasteiger partial charge in [-0.1, -0.05) is 24.6 Å². The highest BCUT2D eigenvalue weighted by molar-refractivity contribution is 6.35. The third-order valence-corrected chi connectivity index (χ3v) is 3.00. The molecule has 1 aromatic carbocycles. The van der Waals surface area contributed by atoms with Crippen LogP contribution in [0.2, 0.25) is 5.02 Å². The molecule has 1 heterocycles. The van der Waals surface area contributed by atoms with Crippen molar-refractivity contribution in [2.45, 2.75) is 13.3 Å². The second-order valence-electron chi connectivity index (χ2n) is 3.73. The van der Waals surface area contributed by atoms with Crippen molar-refractivity contribution in [1.82, 2.24) is 10.3 Å². The summed E-state index contributed by atoms with van der Waals surface area (Å²) in [4.78, 5) is 16.2. The van der Waals surface area contributed by atoms with Crippen molar-refractivity contribution >= 4 is 28.4 Å². The summed E-state index contributed by atoms with van der Waals surface area (Å²) in [5, 5.41) is 3.97. The molecule has 0 bridgehead atoms. The molecule has 3 nitrogen and oxygen atoms in total. The maximum atomic E-state index is 11.7. The van der Waals surface area contributed by atoms with E-state index in [1.54, 1.807) is 19.2 Å². The zero-order chi connectivity index (χ0) is 12.4. The quantitative estimate of drug-likeness (QED) is 0.888. The van der Waals surface area contributed by atoms with Gasteiger partial charge in [0.25, 0.3) is 5.91 Å². The number of hydrogen-bond acceptors (Lipinski definition) is 2. The average Bonchev–Trinajstić information content (AvgIpc) is 2.38. The lowest BCUT2D eigenvalue weighted by Crippen LogP contribution is -2.18. The summed E-state index contributed by atoms with van der Waals surface area (Å²) in [6, 6.07) is 7.25. The second kappa shape index (κ2) is 4.72. The molecule has 1 aromatic heterocycles. The Labute approximate surface area is 105 Å². The third kappa shape index (κ3) is 2.11. The van der Waals surface area contributed by atoms with E-state index in [9.17, 15) is 4.79 Å². The lowest BCUT2D eigenvalue weighted by atomic mass is 10.1. The van der Waals surface area contributed by atoms with Gasteiger partial charge in [-0.25, -0.2) is 0 Å². The summed E-state index contributed by atoms with van der Waals surface area (Å²) >= 11 is 6.11. The van der Waals surface area contributed by atoms with E-state index >= 15 is 0 Å². The van der Waals surface area contributed by atoms with Crippen LogP contribution >= 0.6 is 11.6 Å². The number of pyridine rings is 1. The Hall–Kier alpha value is -1.61. The maximum absolute atomic E-state index is 11.7. The Bertz CT molecular complexity index is 581. The van der Waals surface area contributed by atoms with E-state index in [0.717, 1.165) is 17.5 Å². The first-order chi connectivity index (χ1) is 8.17. The van der Waals surface area contributed by atoms with Gasteiger partial charge in [0.2, 0.25) is 0 Å². The highest BCUT2D eigenvalue weighted by atomic mass is 35.5. The van der Waals surface area contributed by atoms with Gasteiger partial charge in [-0.3, -0.25) is 9.78 Å². The zero-order valence-electron chi connectivity index (χ0n) is 9.75. The predicted octanol–water partition coefficient (Wildman–Crippen LogP) is 2.81. The Balaban J connectivity index is 2.73. The molecule has 0 aliphatic rings. The highest BCUT2D eigenvalue weighted by Gasteiger charge is 2.11. The van der Waals surface area contributed by atoms with Crippen LogP contribution in [0.4, 0.5) is 0 Å². The van der Waals surface area contributed by atoms with E-state index in [4.69, 9.17) is 11.6 Å². The number of halogens is 1. The standard InChI is InChI=1S/C13H13ClN2O/c1-3-8-4-5-9-10(13(17)15-2)6-7-11(14)12(9)16-8/h4-7H,3H2,1-2H3,(H,15,17). The van der Waals surface area contributed by atoms with Crippen LogP contribution in [-0.2, 0) is 6.42 Å². The van der Waals surface area contributed by atoms with Gasteiger partial charge >= 0.3 is 0 Å². The molecule has 0 saturated heterocycles. The average molecular weight is 249 g/mol. The number of nitrogens with zero attached hydrogens (tertiary/aromatic N) is 1. The number of fused-ring (bicyclic) bond motifs is 1. The zero-order valence-corrected chi connectivity index (χ0v) is 10.5. The molecule has 2 aromatic rings. The number of benzene rings is 1. The van der Waals surface area contributed by atoms with Crippen LogP contribution in [0.3, 0.4) is 0 Å². The summed E-state index contributed by atoms with van der Waals surface area (Å²) in [7, 11) is 1.61. The van der Waals surface area contributed by atoms with Crippen molar-refractivity contribution < 1.29 is 4.79 Å². The maximum Gasteiger partial charge on any atom is 0.251 e. The summed E-state index contributed by atoms with van der Waals surface area (Å²) < 4.78 is 0. The van der Waals surface area contributed by atoms with E-state index in [2.05, 4.69) is 10.3 Å². The van der Waals surface area contributed by atoms with Crippen LogP contribution in [-0.4, -0.2) is 17.9 Å². The second-order valence-corrected chi connectivity index (χ2v) is 4.13. The first-order valence-electron chi connectivity index (χ1n) is 5.47. The first kappa shape index (κ1) is 11.9. The lowest BCUT2D eigenvalue weighted by Gasteiger charge is -2.07. The number of aromatic nitrogens is 1. The monoisotopic (exact) mass is 248 g/mol. The molecule has 0 aliphatic heterocycles. The fraction of sp³-hybridized carbons (Fsp3) is 0.231. The van der Waals surface area contributed by atoms with Crippen molar-refractivity contribution in [2.24, 2.45) is 0 Å². The molecule has 2 rings (SSSR count). The van der Waals surface area contributed by atoms with Gasteiger partial charge in [0.15, 0.2) is 0 Å². The van der Waals surface area contributed by atoms with Gasteiger partial charge in [0.05, 0.1) is 10.5 Å². The molecule has 0 radical (unpaired) electrons. The number of carbonyl (C=O) groups excluding carboxylic acids is 1. The van der Waals surface area contributed by atoms with E-state index in [-0.39, 0.29) is 5.91 Å². The summed E-state index contributed by atoms with van der Waals surface area (Å²) in [6.07, 6.45) is 0.844. The molecule has 1 N–H and O–H groups in total. The minimum atomic E-state index is -0.127. The summed E-state index contributed by atoms with van der Waals surface area (Å²) in [5.74, 6) is -0.127. The van der Waals surface area contributed by atoms with Crippen molar-refractivity contribution in [2.75, 3.05) is 7.05 Å². The number of aryl methyl sites for hydroxylation is 1. The molecular weight excluding hydrogens is 236 g/mol. The van der Waals surface area contributed by atoms with Gasteiger partial charge in [-0.05, 0) is 24.6 Å². The smallest absolute Gasteiger partial charge is 0.251 e. The molecule has 4 heteroatoms. The molecular formula is C13H13ClN2O. The van der Waals surface area contributed by atoms with Crippen molar-refractivity contribution in [3.05, 3.63) is 40.5 Å². The van der Waals surface area contributed by atoms with Crippen molar-refractivity contribution in [3.63, 3.8) is 0 Å². The van der Waals surface area contributed by atoms with Gasteiger partial charge < -0.3 is 5.32 Å². The van der Waals surface area contributed by atoms with Gasteiger partial charge in [-0.15, -0.1) is 0 Å². The Morgan fingerprint density at radius 1 is 1.35 bits per heavy atom. The minimum absolute atomic E-state index is 0.127. The van der Waals surface area contributed by atoms with Crippen LogP contribution in [0.25, 0.3) is 10.9 Å². The van der Waals surface area contributed by atoms with Crippen LogP contribution in [0.5, 0.6) is 0 Å². The Morgan fingerprint density at radius 2 is 2.12 bits per heavy atom.